The number of hydrogen-bond donors (Lipinski definition) is 3. The molecular formula is C21H30N4O3S. The maximum absolute atomic E-state index is 13.1. The molecule has 2 atom stereocenters. The van der Waals surface area contributed by atoms with Crippen molar-refractivity contribution in [3.63, 3.8) is 0 Å². The van der Waals surface area contributed by atoms with Crippen LogP contribution in [-0.2, 0) is 16.4 Å². The van der Waals surface area contributed by atoms with Crippen molar-refractivity contribution in [1.29, 1.82) is 5.26 Å². The Morgan fingerprint density at radius 2 is 1.66 bits per heavy atom. The normalized spacial score (nSPS) is 13.6. The number of aliphatic hydroxyl groups is 1. The second kappa shape index (κ2) is 11.0. The molecule has 0 saturated heterocycles. The fourth-order valence-corrected chi connectivity index (χ4v) is 4.52. The molecule has 0 bridgehead atoms. The molecule has 0 unspecified atom stereocenters. The lowest BCUT2D eigenvalue weighted by molar-refractivity contribution is 0.116. The molecule has 29 heavy (non-hydrogen) atoms. The predicted molar refractivity (Wildman–Crippen MR) is 114 cm³/mol. The highest BCUT2D eigenvalue weighted by Gasteiger charge is 2.29. The molecule has 0 saturated carbocycles. The first-order chi connectivity index (χ1) is 13.2. The van der Waals surface area contributed by atoms with Crippen molar-refractivity contribution >= 4 is 10.0 Å². The summed E-state index contributed by atoms with van der Waals surface area (Å²) in [6.45, 7) is 4.00. The SMILES string of the molecule is CC(C)CN(C[C@@H](O)[C@@H](N)Cc1ccccc1)S(=O)(=O)c1ccc(C#N)cc1.N. The maximum Gasteiger partial charge on any atom is 0.243 e. The van der Waals surface area contributed by atoms with Crippen LogP contribution in [0.1, 0.15) is 25.0 Å². The standard InChI is InChI=1S/C21H27N3O3S.H3N/c1-16(2)14-24(28(26,27)19-10-8-18(13-22)9-11-19)15-21(25)20(23)12-17-6-4-3-5-7-17;/h3-11,16,20-21,25H,12,14-15,23H2,1-2H3;1H3/t20-,21+;/m0./s1. The Kier molecular flexibility index (Phi) is 9.43. The van der Waals surface area contributed by atoms with Crippen molar-refractivity contribution in [2.45, 2.75) is 37.3 Å². The molecule has 158 valence electrons. The number of hydrogen-bond acceptors (Lipinski definition) is 6. The van der Waals surface area contributed by atoms with E-state index in [1.807, 2.05) is 50.2 Å². The van der Waals surface area contributed by atoms with Crippen LogP contribution in [0.25, 0.3) is 0 Å². The van der Waals surface area contributed by atoms with E-state index >= 15 is 0 Å². The summed E-state index contributed by atoms with van der Waals surface area (Å²) in [5.41, 5.74) is 7.51. The number of aliphatic hydroxyl groups excluding tert-OH is 1. The molecule has 0 aromatic heterocycles. The molecule has 0 fully saturated rings. The fraction of sp³-hybridized carbons (Fsp3) is 0.381. The van der Waals surface area contributed by atoms with Gasteiger partial charge in [-0.3, -0.25) is 0 Å². The van der Waals surface area contributed by atoms with Crippen molar-refractivity contribution in [2.24, 2.45) is 11.7 Å². The summed E-state index contributed by atoms with van der Waals surface area (Å²) in [6.07, 6.45) is -0.554. The quantitative estimate of drug-likeness (QED) is 0.570. The zero-order valence-corrected chi connectivity index (χ0v) is 17.7. The van der Waals surface area contributed by atoms with E-state index in [9.17, 15) is 13.5 Å². The average molecular weight is 419 g/mol. The summed E-state index contributed by atoms with van der Waals surface area (Å²) >= 11 is 0. The highest BCUT2D eigenvalue weighted by atomic mass is 32.2. The van der Waals surface area contributed by atoms with Gasteiger partial charge in [-0.05, 0) is 42.2 Å². The van der Waals surface area contributed by atoms with E-state index in [2.05, 4.69) is 0 Å². The Bertz CT molecular complexity index is 894. The monoisotopic (exact) mass is 418 g/mol. The molecule has 0 aliphatic rings. The smallest absolute Gasteiger partial charge is 0.243 e. The largest absolute Gasteiger partial charge is 0.390 e. The van der Waals surface area contributed by atoms with Crippen LogP contribution in [0.5, 0.6) is 0 Å². The minimum atomic E-state index is -3.81. The fourth-order valence-electron chi connectivity index (χ4n) is 2.89. The van der Waals surface area contributed by atoms with Gasteiger partial charge >= 0.3 is 0 Å². The lowest BCUT2D eigenvalue weighted by Crippen LogP contribution is -2.47. The van der Waals surface area contributed by atoms with E-state index in [0.717, 1.165) is 5.56 Å². The number of nitrogens with two attached hydrogens (primary N) is 1. The van der Waals surface area contributed by atoms with Crippen molar-refractivity contribution in [3.05, 3.63) is 65.7 Å². The van der Waals surface area contributed by atoms with Gasteiger partial charge in [-0.2, -0.15) is 9.57 Å². The van der Waals surface area contributed by atoms with Gasteiger partial charge in [0.25, 0.3) is 0 Å². The molecule has 2 rings (SSSR count). The molecule has 0 spiro atoms. The zero-order valence-electron chi connectivity index (χ0n) is 16.9. The molecular weight excluding hydrogens is 388 g/mol. The van der Waals surface area contributed by atoms with E-state index < -0.39 is 22.2 Å². The van der Waals surface area contributed by atoms with Gasteiger partial charge in [0, 0.05) is 19.1 Å². The molecule has 8 heteroatoms. The highest BCUT2D eigenvalue weighted by Crippen LogP contribution is 2.19. The van der Waals surface area contributed by atoms with Gasteiger partial charge in [0.15, 0.2) is 0 Å². The number of nitrogens with zero attached hydrogens (tertiary/aromatic N) is 2. The van der Waals surface area contributed by atoms with Gasteiger partial charge in [0.2, 0.25) is 10.0 Å². The molecule has 7 nitrogen and oxygen atoms in total. The maximum atomic E-state index is 13.1. The minimum Gasteiger partial charge on any atom is -0.390 e. The average Bonchev–Trinajstić information content (AvgIpc) is 2.67. The predicted octanol–water partition coefficient (Wildman–Crippen LogP) is 2.30. The van der Waals surface area contributed by atoms with Crippen molar-refractivity contribution in [1.82, 2.24) is 10.5 Å². The topological polar surface area (TPSA) is 142 Å². The van der Waals surface area contributed by atoms with E-state index in [1.54, 1.807) is 0 Å². The van der Waals surface area contributed by atoms with Crippen LogP contribution in [0.4, 0.5) is 0 Å². The van der Waals surface area contributed by atoms with Crippen molar-refractivity contribution in [2.75, 3.05) is 13.1 Å². The van der Waals surface area contributed by atoms with E-state index in [-0.39, 0.29) is 30.1 Å². The zero-order chi connectivity index (χ0) is 20.7. The molecule has 0 radical (unpaired) electrons. The molecule has 0 heterocycles. The van der Waals surface area contributed by atoms with Gasteiger partial charge in [0.05, 0.1) is 22.6 Å². The lowest BCUT2D eigenvalue weighted by Gasteiger charge is -2.28. The number of rotatable bonds is 9. The van der Waals surface area contributed by atoms with Gasteiger partial charge in [-0.15, -0.1) is 0 Å². The number of sulfonamides is 1. The summed E-state index contributed by atoms with van der Waals surface area (Å²) in [5.74, 6) is 0.0747. The minimum absolute atomic E-state index is 0. The summed E-state index contributed by atoms with van der Waals surface area (Å²) < 4.78 is 27.4. The van der Waals surface area contributed by atoms with Crippen LogP contribution >= 0.6 is 0 Å². The molecule has 6 N–H and O–H groups in total. The van der Waals surface area contributed by atoms with Gasteiger partial charge < -0.3 is 17.0 Å². The Labute approximate surface area is 173 Å². The highest BCUT2D eigenvalue weighted by molar-refractivity contribution is 7.89. The van der Waals surface area contributed by atoms with Crippen LogP contribution in [0.2, 0.25) is 0 Å². The van der Waals surface area contributed by atoms with Crippen molar-refractivity contribution in [3.8, 4) is 6.07 Å². The summed E-state index contributed by atoms with van der Waals surface area (Å²) in [6, 6.07) is 16.7. The number of nitriles is 1. The third-order valence-corrected chi connectivity index (χ3v) is 6.23. The van der Waals surface area contributed by atoms with Crippen LogP contribution in [0, 0.1) is 17.2 Å². The Hall–Kier alpha value is -2.28. The molecule has 0 amide bonds. The molecule has 2 aromatic carbocycles. The third kappa shape index (κ3) is 6.92. The number of benzene rings is 2. The van der Waals surface area contributed by atoms with Gasteiger partial charge in [0.1, 0.15) is 0 Å². The third-order valence-electron chi connectivity index (χ3n) is 4.39. The molecule has 0 aliphatic heterocycles. The van der Waals surface area contributed by atoms with Crippen LogP contribution in [-0.4, -0.2) is 43.1 Å². The summed E-state index contributed by atoms with van der Waals surface area (Å²) in [7, 11) is -3.81. The first kappa shape index (κ1) is 24.8. The summed E-state index contributed by atoms with van der Waals surface area (Å²) in [5, 5.41) is 19.5. The molecule has 0 aliphatic carbocycles. The first-order valence-electron chi connectivity index (χ1n) is 9.22. The van der Waals surface area contributed by atoms with E-state index in [1.165, 1.54) is 28.6 Å². The van der Waals surface area contributed by atoms with Gasteiger partial charge in [-0.25, -0.2) is 8.42 Å². The van der Waals surface area contributed by atoms with Crippen molar-refractivity contribution < 1.29 is 13.5 Å². The van der Waals surface area contributed by atoms with Crippen LogP contribution < -0.4 is 11.9 Å². The second-order valence-corrected chi connectivity index (χ2v) is 9.21. The van der Waals surface area contributed by atoms with Gasteiger partial charge in [-0.1, -0.05) is 44.2 Å². The van der Waals surface area contributed by atoms with Crippen LogP contribution in [0.15, 0.2) is 59.5 Å². The first-order valence-corrected chi connectivity index (χ1v) is 10.7. The van der Waals surface area contributed by atoms with Crippen LogP contribution in [0.3, 0.4) is 0 Å². The Morgan fingerprint density at radius 1 is 1.07 bits per heavy atom. The summed E-state index contributed by atoms with van der Waals surface area (Å²) in [4.78, 5) is 0.0935. The second-order valence-electron chi connectivity index (χ2n) is 7.27. The van der Waals surface area contributed by atoms with E-state index in [4.69, 9.17) is 11.0 Å². The van der Waals surface area contributed by atoms with E-state index in [0.29, 0.717) is 12.0 Å². The lowest BCUT2D eigenvalue weighted by atomic mass is 10.0. The Morgan fingerprint density at radius 3 is 2.17 bits per heavy atom. The Balaban J connectivity index is 0.00000420. The molecule has 2 aromatic rings.